The Morgan fingerprint density at radius 3 is 2.54 bits per heavy atom. The highest BCUT2D eigenvalue weighted by molar-refractivity contribution is 6.10. The van der Waals surface area contributed by atoms with Gasteiger partial charge in [-0.2, -0.15) is 5.26 Å². The number of nitrogens with zero attached hydrogens (tertiary/aromatic N) is 1. The van der Waals surface area contributed by atoms with Gasteiger partial charge in [-0.05, 0) is 37.3 Å². The quantitative estimate of drug-likeness (QED) is 0.590. The minimum absolute atomic E-state index is 0.269. The molecule has 0 amide bonds. The van der Waals surface area contributed by atoms with Gasteiger partial charge in [-0.15, -0.1) is 0 Å². The van der Waals surface area contributed by atoms with E-state index in [1.54, 1.807) is 13.1 Å². The van der Waals surface area contributed by atoms with E-state index in [4.69, 9.17) is 10.00 Å². The minimum Gasteiger partial charge on any atom is -0.451 e. The number of Topliss-reactive ketones (excluding diaryl/α,β-unsaturated/α-hetero) is 1. The van der Waals surface area contributed by atoms with Gasteiger partial charge in [0.15, 0.2) is 6.10 Å². The molecule has 1 N–H and O–H groups in total. The molecule has 2 aromatic carbocycles. The van der Waals surface area contributed by atoms with E-state index in [9.17, 15) is 9.59 Å². The molecule has 0 bridgehead atoms. The molecule has 1 atom stereocenters. The van der Waals surface area contributed by atoms with Crippen LogP contribution in [0.4, 0.5) is 0 Å². The second kappa shape index (κ2) is 6.39. The van der Waals surface area contributed by atoms with Crippen molar-refractivity contribution in [1.29, 1.82) is 5.26 Å². The highest BCUT2D eigenvalue weighted by atomic mass is 16.5. The number of nitriles is 1. The number of rotatable bonds is 4. The number of benzene rings is 2. The fourth-order valence-corrected chi connectivity index (χ4v) is 2.46. The number of H-pyrrole nitrogens is 1. The third-order valence-corrected chi connectivity index (χ3v) is 3.76. The first-order valence-electron chi connectivity index (χ1n) is 7.41. The fourth-order valence-electron chi connectivity index (χ4n) is 2.46. The number of hydrogen-bond donors (Lipinski definition) is 1. The third kappa shape index (κ3) is 2.90. The molecule has 1 aromatic heterocycles. The molecule has 0 saturated heterocycles. The van der Waals surface area contributed by atoms with Crippen LogP contribution in [-0.2, 0) is 4.74 Å². The van der Waals surface area contributed by atoms with Crippen LogP contribution in [0.25, 0.3) is 10.9 Å². The van der Waals surface area contributed by atoms with Crippen LogP contribution < -0.4 is 0 Å². The number of ketones is 1. The third-order valence-electron chi connectivity index (χ3n) is 3.76. The second-order valence-corrected chi connectivity index (χ2v) is 5.35. The average molecular weight is 318 g/mol. The second-order valence-electron chi connectivity index (χ2n) is 5.35. The largest absolute Gasteiger partial charge is 0.451 e. The van der Waals surface area contributed by atoms with Crippen molar-refractivity contribution in [3.63, 3.8) is 0 Å². The number of aromatic amines is 1. The fraction of sp³-hybridized carbons (Fsp3) is 0.105. The first-order valence-corrected chi connectivity index (χ1v) is 7.41. The molecule has 118 valence electrons. The van der Waals surface area contributed by atoms with E-state index >= 15 is 0 Å². The molecule has 5 nitrogen and oxygen atoms in total. The van der Waals surface area contributed by atoms with Crippen LogP contribution >= 0.6 is 0 Å². The van der Waals surface area contributed by atoms with Gasteiger partial charge in [0.2, 0.25) is 5.78 Å². The van der Waals surface area contributed by atoms with Crippen LogP contribution in [0.1, 0.15) is 33.2 Å². The number of aromatic nitrogens is 1. The van der Waals surface area contributed by atoms with E-state index < -0.39 is 12.1 Å². The minimum atomic E-state index is -0.910. The molecular formula is C19H14N2O3. The first kappa shape index (κ1) is 15.5. The summed E-state index contributed by atoms with van der Waals surface area (Å²) < 4.78 is 5.26. The van der Waals surface area contributed by atoms with Crippen LogP contribution in [0.5, 0.6) is 0 Å². The van der Waals surface area contributed by atoms with Gasteiger partial charge in [0.05, 0.1) is 17.2 Å². The van der Waals surface area contributed by atoms with Crippen molar-refractivity contribution in [3.05, 3.63) is 71.4 Å². The lowest BCUT2D eigenvalue weighted by atomic mass is 10.1. The molecule has 0 radical (unpaired) electrons. The number of ether oxygens (including phenoxy) is 1. The highest BCUT2D eigenvalue weighted by Gasteiger charge is 2.22. The summed E-state index contributed by atoms with van der Waals surface area (Å²) in [5.74, 6) is -0.866. The smallest absolute Gasteiger partial charge is 0.338 e. The Kier molecular flexibility index (Phi) is 4.13. The number of carbonyl (C=O) groups is 2. The Bertz CT molecular complexity index is 949. The topological polar surface area (TPSA) is 82.9 Å². The molecular weight excluding hydrogens is 304 g/mol. The van der Waals surface area contributed by atoms with E-state index in [1.807, 2.05) is 30.3 Å². The van der Waals surface area contributed by atoms with Crippen molar-refractivity contribution in [3.8, 4) is 6.07 Å². The van der Waals surface area contributed by atoms with Gasteiger partial charge in [0, 0.05) is 22.7 Å². The molecule has 0 fully saturated rings. The van der Waals surface area contributed by atoms with Crippen molar-refractivity contribution >= 4 is 22.7 Å². The van der Waals surface area contributed by atoms with E-state index in [0.29, 0.717) is 16.7 Å². The van der Waals surface area contributed by atoms with Gasteiger partial charge >= 0.3 is 5.97 Å². The summed E-state index contributed by atoms with van der Waals surface area (Å²) in [6.07, 6.45) is 0.714. The van der Waals surface area contributed by atoms with Crippen LogP contribution in [0.3, 0.4) is 0 Å². The lowest BCUT2D eigenvalue weighted by molar-refractivity contribution is 0.0319. The van der Waals surface area contributed by atoms with Crippen LogP contribution in [-0.4, -0.2) is 22.8 Å². The summed E-state index contributed by atoms with van der Waals surface area (Å²) >= 11 is 0. The number of esters is 1. The number of fused-ring (bicyclic) bond motifs is 1. The SMILES string of the molecule is C[C@@H](OC(=O)c1ccc(C#N)cc1)C(=O)c1c[nH]c2ccccc12. The zero-order valence-electron chi connectivity index (χ0n) is 12.9. The Hall–Kier alpha value is -3.39. The summed E-state index contributed by atoms with van der Waals surface area (Å²) in [6, 6.07) is 15.5. The van der Waals surface area contributed by atoms with Crippen molar-refractivity contribution in [2.45, 2.75) is 13.0 Å². The summed E-state index contributed by atoms with van der Waals surface area (Å²) in [6.45, 7) is 1.55. The van der Waals surface area contributed by atoms with Crippen molar-refractivity contribution in [2.75, 3.05) is 0 Å². The molecule has 0 spiro atoms. The van der Waals surface area contributed by atoms with E-state index in [2.05, 4.69) is 4.98 Å². The van der Waals surface area contributed by atoms with Gasteiger partial charge < -0.3 is 9.72 Å². The van der Waals surface area contributed by atoms with E-state index in [0.717, 1.165) is 10.9 Å². The molecule has 0 aliphatic carbocycles. The van der Waals surface area contributed by atoms with Gasteiger partial charge in [-0.25, -0.2) is 4.79 Å². The maximum Gasteiger partial charge on any atom is 0.338 e. The molecule has 0 aliphatic rings. The van der Waals surface area contributed by atoms with E-state index in [-0.39, 0.29) is 5.78 Å². The standard InChI is InChI=1S/C19H14N2O3/c1-12(24-19(23)14-8-6-13(10-20)7-9-14)18(22)16-11-21-17-5-3-2-4-15(16)17/h2-9,11-12,21H,1H3/t12-/m1/s1. The summed E-state index contributed by atoms with van der Waals surface area (Å²) in [5, 5.41) is 9.56. The lowest BCUT2D eigenvalue weighted by Gasteiger charge is -2.12. The molecule has 1 heterocycles. The summed E-state index contributed by atoms with van der Waals surface area (Å²) in [5.41, 5.74) is 2.10. The number of carbonyl (C=O) groups excluding carboxylic acids is 2. The van der Waals surface area contributed by atoms with Crippen molar-refractivity contribution in [1.82, 2.24) is 4.98 Å². The molecule has 24 heavy (non-hydrogen) atoms. The van der Waals surface area contributed by atoms with Gasteiger partial charge in [0.25, 0.3) is 0 Å². The lowest BCUT2D eigenvalue weighted by Crippen LogP contribution is -2.24. The molecule has 0 aliphatic heterocycles. The Labute approximate surface area is 138 Å². The molecule has 5 heteroatoms. The Morgan fingerprint density at radius 1 is 1.12 bits per heavy atom. The first-order chi connectivity index (χ1) is 11.6. The summed E-state index contributed by atoms with van der Waals surface area (Å²) in [4.78, 5) is 27.7. The Balaban J connectivity index is 1.76. The number of nitrogens with one attached hydrogen (secondary N) is 1. The highest BCUT2D eigenvalue weighted by Crippen LogP contribution is 2.20. The predicted molar refractivity (Wildman–Crippen MR) is 88.7 cm³/mol. The van der Waals surface area contributed by atoms with E-state index in [1.165, 1.54) is 24.3 Å². The zero-order valence-corrected chi connectivity index (χ0v) is 12.9. The van der Waals surface area contributed by atoms with Gasteiger partial charge in [-0.3, -0.25) is 4.79 Å². The maximum atomic E-state index is 12.5. The average Bonchev–Trinajstić information content (AvgIpc) is 3.05. The summed E-state index contributed by atoms with van der Waals surface area (Å²) in [7, 11) is 0. The van der Waals surface area contributed by atoms with Crippen LogP contribution in [0, 0.1) is 11.3 Å². The molecule has 3 rings (SSSR count). The maximum absolute atomic E-state index is 12.5. The van der Waals surface area contributed by atoms with Gasteiger partial charge in [0.1, 0.15) is 0 Å². The molecule has 0 saturated carbocycles. The predicted octanol–water partition coefficient (Wildman–Crippen LogP) is 3.47. The van der Waals surface area contributed by atoms with Crippen molar-refractivity contribution < 1.29 is 14.3 Å². The number of para-hydroxylation sites is 1. The number of hydrogen-bond acceptors (Lipinski definition) is 4. The van der Waals surface area contributed by atoms with Crippen LogP contribution in [0.15, 0.2) is 54.7 Å². The van der Waals surface area contributed by atoms with Gasteiger partial charge in [-0.1, -0.05) is 18.2 Å². The normalized spacial score (nSPS) is 11.7. The monoisotopic (exact) mass is 318 g/mol. The molecule has 0 unspecified atom stereocenters. The van der Waals surface area contributed by atoms with Crippen molar-refractivity contribution in [2.24, 2.45) is 0 Å². The van der Waals surface area contributed by atoms with Crippen LogP contribution in [0.2, 0.25) is 0 Å². The zero-order chi connectivity index (χ0) is 17.1. The Morgan fingerprint density at radius 2 is 1.83 bits per heavy atom. The molecule has 3 aromatic rings.